The number of carbonyl (C=O) groups is 1. The fraction of sp³-hybridized carbons (Fsp3) is 0.316. The molecule has 2 aromatic carbocycles. The monoisotopic (exact) mass is 407 g/mol. The quantitative estimate of drug-likeness (QED) is 0.704. The maximum Gasteiger partial charge on any atom is 0.220 e. The van der Waals surface area contributed by atoms with Crippen molar-refractivity contribution in [2.75, 3.05) is 20.8 Å². The number of ether oxygens (including phenoxy) is 2. The van der Waals surface area contributed by atoms with Gasteiger partial charge < -0.3 is 19.9 Å². The molecular weight excluding hydrogens is 386 g/mol. The van der Waals surface area contributed by atoms with Crippen LogP contribution in [0.15, 0.2) is 46.9 Å². The standard InChI is InChI=1S/C19H22BrNO4/c1-24-17-9-7-14(11-18(17)25-2)16(22)12-21-19(23)10-8-13-5-3-4-6-15(13)20/h3-7,9,11,16,22H,8,10,12H2,1-2H3,(H,21,23)/t16-/m1/s1. The van der Waals surface area contributed by atoms with Crippen LogP contribution in [-0.4, -0.2) is 31.8 Å². The second-order valence-corrected chi connectivity index (χ2v) is 6.38. The molecule has 1 amide bonds. The Labute approximate surface area is 156 Å². The molecule has 0 radical (unpaired) electrons. The van der Waals surface area contributed by atoms with Crippen molar-refractivity contribution >= 4 is 21.8 Å². The minimum Gasteiger partial charge on any atom is -0.493 e. The molecule has 0 aromatic heterocycles. The van der Waals surface area contributed by atoms with Crippen LogP contribution in [0.25, 0.3) is 0 Å². The summed E-state index contributed by atoms with van der Waals surface area (Å²) < 4.78 is 11.4. The maximum absolute atomic E-state index is 12.0. The molecule has 2 N–H and O–H groups in total. The highest BCUT2D eigenvalue weighted by Gasteiger charge is 2.13. The average molecular weight is 408 g/mol. The molecule has 0 aliphatic heterocycles. The van der Waals surface area contributed by atoms with Gasteiger partial charge in [0.15, 0.2) is 11.5 Å². The van der Waals surface area contributed by atoms with Gasteiger partial charge in [-0.2, -0.15) is 0 Å². The largest absolute Gasteiger partial charge is 0.493 e. The number of hydrogen-bond acceptors (Lipinski definition) is 4. The molecule has 0 aliphatic carbocycles. The van der Waals surface area contributed by atoms with Crippen molar-refractivity contribution in [2.24, 2.45) is 0 Å². The smallest absolute Gasteiger partial charge is 0.220 e. The number of carbonyl (C=O) groups excluding carboxylic acids is 1. The number of halogens is 1. The molecule has 1 atom stereocenters. The van der Waals surface area contributed by atoms with Crippen LogP contribution in [0, 0.1) is 0 Å². The molecule has 0 spiro atoms. The lowest BCUT2D eigenvalue weighted by Crippen LogP contribution is -2.28. The van der Waals surface area contributed by atoms with Gasteiger partial charge in [-0.15, -0.1) is 0 Å². The van der Waals surface area contributed by atoms with Gasteiger partial charge in [0.25, 0.3) is 0 Å². The summed E-state index contributed by atoms with van der Waals surface area (Å²) in [4.78, 5) is 12.0. The van der Waals surface area contributed by atoms with E-state index in [9.17, 15) is 9.90 Å². The Hall–Kier alpha value is -2.05. The molecule has 0 aliphatic rings. The van der Waals surface area contributed by atoms with Crippen LogP contribution >= 0.6 is 15.9 Å². The van der Waals surface area contributed by atoms with E-state index in [0.717, 1.165) is 10.0 Å². The zero-order valence-electron chi connectivity index (χ0n) is 14.3. The highest BCUT2D eigenvalue weighted by molar-refractivity contribution is 9.10. The Morgan fingerprint density at radius 2 is 1.88 bits per heavy atom. The van der Waals surface area contributed by atoms with E-state index in [2.05, 4.69) is 21.2 Å². The second kappa shape index (κ2) is 9.44. The molecular formula is C19H22BrNO4. The molecule has 0 saturated carbocycles. The third-order valence-corrected chi connectivity index (χ3v) is 4.64. The van der Waals surface area contributed by atoms with Crippen LogP contribution in [0.5, 0.6) is 11.5 Å². The molecule has 5 nitrogen and oxygen atoms in total. The predicted molar refractivity (Wildman–Crippen MR) is 100.0 cm³/mol. The first-order valence-corrected chi connectivity index (χ1v) is 8.74. The lowest BCUT2D eigenvalue weighted by atomic mass is 10.1. The molecule has 2 aromatic rings. The number of rotatable bonds is 8. The Bertz CT molecular complexity index is 720. The molecule has 0 bridgehead atoms. The van der Waals surface area contributed by atoms with Crippen LogP contribution in [0.2, 0.25) is 0 Å². The summed E-state index contributed by atoms with van der Waals surface area (Å²) in [5.74, 6) is 1.03. The normalized spacial score (nSPS) is 11.7. The number of hydrogen-bond donors (Lipinski definition) is 2. The van der Waals surface area contributed by atoms with Gasteiger partial charge in [-0.3, -0.25) is 4.79 Å². The lowest BCUT2D eigenvalue weighted by molar-refractivity contribution is -0.121. The highest BCUT2D eigenvalue weighted by atomic mass is 79.9. The third kappa shape index (κ3) is 5.47. The Kier molecular flexibility index (Phi) is 7.28. The number of benzene rings is 2. The number of aliphatic hydroxyl groups is 1. The van der Waals surface area contributed by atoms with E-state index in [1.54, 1.807) is 25.3 Å². The average Bonchev–Trinajstić information content (AvgIpc) is 2.64. The molecule has 0 fully saturated rings. The van der Waals surface area contributed by atoms with Gasteiger partial charge in [0.05, 0.1) is 20.3 Å². The van der Waals surface area contributed by atoms with Crippen molar-refractivity contribution in [3.05, 3.63) is 58.1 Å². The minimum absolute atomic E-state index is 0.102. The van der Waals surface area contributed by atoms with E-state index >= 15 is 0 Å². The van der Waals surface area contributed by atoms with Crippen LogP contribution < -0.4 is 14.8 Å². The van der Waals surface area contributed by atoms with E-state index < -0.39 is 6.10 Å². The summed E-state index contributed by atoms with van der Waals surface area (Å²) in [6.07, 6.45) is 0.188. The molecule has 25 heavy (non-hydrogen) atoms. The van der Waals surface area contributed by atoms with Gasteiger partial charge in [0.2, 0.25) is 5.91 Å². The van der Waals surface area contributed by atoms with Crippen LogP contribution in [0.3, 0.4) is 0 Å². The van der Waals surface area contributed by atoms with Gasteiger partial charge in [0, 0.05) is 17.4 Å². The highest BCUT2D eigenvalue weighted by Crippen LogP contribution is 2.29. The van der Waals surface area contributed by atoms with Gasteiger partial charge >= 0.3 is 0 Å². The summed E-state index contributed by atoms with van der Waals surface area (Å²) in [7, 11) is 3.09. The second-order valence-electron chi connectivity index (χ2n) is 5.53. The van der Waals surface area contributed by atoms with Crippen LogP contribution in [0.4, 0.5) is 0 Å². The van der Waals surface area contributed by atoms with Gasteiger partial charge in [-0.1, -0.05) is 40.2 Å². The Morgan fingerprint density at radius 1 is 1.16 bits per heavy atom. The third-order valence-electron chi connectivity index (χ3n) is 3.86. The number of aryl methyl sites for hydroxylation is 1. The Balaban J connectivity index is 1.86. The van der Waals surface area contributed by atoms with E-state index in [1.807, 2.05) is 24.3 Å². The minimum atomic E-state index is -0.813. The zero-order chi connectivity index (χ0) is 18.2. The predicted octanol–water partition coefficient (Wildman–Crippen LogP) is 3.25. The van der Waals surface area contributed by atoms with Crippen molar-refractivity contribution in [1.29, 1.82) is 0 Å². The van der Waals surface area contributed by atoms with Crippen LogP contribution in [-0.2, 0) is 11.2 Å². The van der Waals surface area contributed by atoms with Crippen molar-refractivity contribution in [3.8, 4) is 11.5 Å². The fourth-order valence-corrected chi connectivity index (χ4v) is 2.91. The maximum atomic E-state index is 12.0. The first kappa shape index (κ1) is 19.3. The Morgan fingerprint density at radius 3 is 2.56 bits per heavy atom. The van der Waals surface area contributed by atoms with E-state index in [1.165, 1.54) is 7.11 Å². The van der Waals surface area contributed by atoms with Crippen molar-refractivity contribution in [3.63, 3.8) is 0 Å². The number of methoxy groups -OCH3 is 2. The van der Waals surface area contributed by atoms with E-state index in [4.69, 9.17) is 9.47 Å². The topological polar surface area (TPSA) is 67.8 Å². The summed E-state index contributed by atoms with van der Waals surface area (Å²) in [6, 6.07) is 13.0. The summed E-state index contributed by atoms with van der Waals surface area (Å²) in [5.41, 5.74) is 1.74. The van der Waals surface area contributed by atoms with Crippen LogP contribution in [0.1, 0.15) is 23.7 Å². The molecule has 0 heterocycles. The zero-order valence-corrected chi connectivity index (χ0v) is 15.9. The molecule has 6 heteroatoms. The SMILES string of the molecule is COc1ccc([C@H](O)CNC(=O)CCc2ccccc2Br)cc1OC. The summed E-state index contributed by atoms with van der Waals surface area (Å²) >= 11 is 3.47. The van der Waals surface area contributed by atoms with E-state index in [0.29, 0.717) is 29.9 Å². The lowest BCUT2D eigenvalue weighted by Gasteiger charge is -2.15. The van der Waals surface area contributed by atoms with Gasteiger partial charge in [-0.25, -0.2) is 0 Å². The van der Waals surface area contributed by atoms with Crippen molar-refractivity contribution in [2.45, 2.75) is 18.9 Å². The molecule has 0 unspecified atom stereocenters. The number of amides is 1. The molecule has 134 valence electrons. The first-order chi connectivity index (χ1) is 12.0. The summed E-state index contributed by atoms with van der Waals surface area (Å²) in [6.45, 7) is 0.143. The van der Waals surface area contributed by atoms with Gasteiger partial charge in [-0.05, 0) is 35.7 Å². The number of nitrogens with one attached hydrogen (secondary N) is 1. The van der Waals surface area contributed by atoms with Crippen molar-refractivity contribution in [1.82, 2.24) is 5.32 Å². The first-order valence-electron chi connectivity index (χ1n) is 7.95. The molecule has 0 saturated heterocycles. The molecule has 2 rings (SSSR count). The summed E-state index contributed by atoms with van der Waals surface area (Å²) in [5, 5.41) is 13.0. The number of aliphatic hydroxyl groups excluding tert-OH is 1. The van der Waals surface area contributed by atoms with E-state index in [-0.39, 0.29) is 12.5 Å². The fourth-order valence-electron chi connectivity index (χ4n) is 2.43. The van der Waals surface area contributed by atoms with Gasteiger partial charge in [0.1, 0.15) is 0 Å². The van der Waals surface area contributed by atoms with Crippen molar-refractivity contribution < 1.29 is 19.4 Å².